The van der Waals surface area contributed by atoms with Gasteiger partial charge in [0.2, 0.25) is 0 Å². The third-order valence-corrected chi connectivity index (χ3v) is 4.09. The summed E-state index contributed by atoms with van der Waals surface area (Å²) in [6.07, 6.45) is 3.89. The Morgan fingerprint density at radius 2 is 1.52 bits per heavy atom. The molecule has 0 aliphatic carbocycles. The number of carboxylic acid groups (broad SMARTS) is 2. The van der Waals surface area contributed by atoms with Gasteiger partial charge in [0.25, 0.3) is 0 Å². The third-order valence-electron chi connectivity index (χ3n) is 4.09. The number of hydrogen-bond acceptors (Lipinski definition) is 3. The minimum atomic E-state index is -0.955. The minimum absolute atomic E-state index is 0.157. The number of benzene rings is 1. The monoisotopic (exact) mass is 322 g/mol. The van der Waals surface area contributed by atoms with Crippen LogP contribution in [0.25, 0.3) is 0 Å². The first kappa shape index (κ1) is 19.2. The van der Waals surface area contributed by atoms with Crippen molar-refractivity contribution in [1.82, 2.24) is 0 Å². The van der Waals surface area contributed by atoms with E-state index in [9.17, 15) is 14.7 Å². The fourth-order valence-electron chi connectivity index (χ4n) is 2.52. The van der Waals surface area contributed by atoms with Crippen molar-refractivity contribution in [2.45, 2.75) is 45.4 Å². The van der Waals surface area contributed by atoms with Gasteiger partial charge in [-0.3, -0.25) is 9.59 Å². The van der Waals surface area contributed by atoms with Crippen molar-refractivity contribution in [3.05, 3.63) is 35.4 Å². The maximum atomic E-state index is 11.3. The summed E-state index contributed by atoms with van der Waals surface area (Å²) in [5.74, 6) is -3.17. The van der Waals surface area contributed by atoms with E-state index in [1.165, 1.54) is 5.56 Å². The van der Waals surface area contributed by atoms with Gasteiger partial charge in [0.15, 0.2) is 0 Å². The Kier molecular flexibility index (Phi) is 8.33. The number of hydrogen-bond donors (Lipinski definition) is 3. The van der Waals surface area contributed by atoms with Gasteiger partial charge in [-0.15, -0.1) is 0 Å². The molecule has 0 heterocycles. The highest BCUT2D eigenvalue weighted by atomic mass is 16.4. The number of carboxylic acids is 2. The molecule has 0 aliphatic rings. The lowest BCUT2D eigenvalue weighted by molar-refractivity contribution is -0.145. The van der Waals surface area contributed by atoms with Crippen LogP contribution >= 0.6 is 0 Å². The molecule has 0 aliphatic heterocycles. The molecule has 1 rings (SSSR count). The Hall–Kier alpha value is -1.88. The molecule has 128 valence electrons. The summed E-state index contributed by atoms with van der Waals surface area (Å²) in [4.78, 5) is 22.1. The molecule has 1 unspecified atom stereocenters. The number of carbonyl (C=O) groups is 2. The van der Waals surface area contributed by atoms with Crippen molar-refractivity contribution in [1.29, 1.82) is 0 Å². The first-order valence-corrected chi connectivity index (χ1v) is 8.08. The highest BCUT2D eigenvalue weighted by molar-refractivity contribution is 5.73. The third kappa shape index (κ3) is 7.28. The molecule has 5 nitrogen and oxygen atoms in total. The molecule has 0 saturated carbocycles. The lowest BCUT2D eigenvalue weighted by Crippen LogP contribution is -2.21. The van der Waals surface area contributed by atoms with Crippen LogP contribution in [0.15, 0.2) is 24.3 Å². The molecule has 0 amide bonds. The normalized spacial score (nSPS) is 13.5. The van der Waals surface area contributed by atoms with Crippen LogP contribution in [0.1, 0.15) is 43.7 Å². The molecule has 0 aromatic heterocycles. The van der Waals surface area contributed by atoms with E-state index in [0.717, 1.165) is 24.8 Å². The average Bonchev–Trinajstić information content (AvgIpc) is 2.52. The SMILES string of the molecule is CC(C[C@@H](CCc1ccc(CCCCO)cc1)C(=O)O)C(=O)O. The number of aliphatic hydroxyl groups excluding tert-OH is 1. The Labute approximate surface area is 137 Å². The van der Waals surface area contributed by atoms with Crippen LogP contribution in [0.5, 0.6) is 0 Å². The molecule has 0 spiro atoms. The van der Waals surface area contributed by atoms with Gasteiger partial charge < -0.3 is 15.3 Å². The molecule has 3 N–H and O–H groups in total. The maximum absolute atomic E-state index is 11.3. The molecule has 1 aromatic carbocycles. The van der Waals surface area contributed by atoms with Crippen molar-refractivity contribution >= 4 is 11.9 Å². The van der Waals surface area contributed by atoms with E-state index in [1.54, 1.807) is 6.92 Å². The fraction of sp³-hybridized carbons (Fsp3) is 0.556. The van der Waals surface area contributed by atoms with E-state index in [1.807, 2.05) is 24.3 Å². The van der Waals surface area contributed by atoms with Gasteiger partial charge in [-0.05, 0) is 49.7 Å². The Morgan fingerprint density at radius 1 is 0.957 bits per heavy atom. The van der Waals surface area contributed by atoms with E-state index in [0.29, 0.717) is 12.8 Å². The van der Waals surface area contributed by atoms with Crippen molar-refractivity contribution in [3.63, 3.8) is 0 Å². The van der Waals surface area contributed by atoms with Gasteiger partial charge in [-0.25, -0.2) is 0 Å². The summed E-state index contributed by atoms with van der Waals surface area (Å²) >= 11 is 0. The summed E-state index contributed by atoms with van der Waals surface area (Å²) in [6.45, 7) is 1.75. The second-order valence-electron chi connectivity index (χ2n) is 6.05. The standard InChI is InChI=1S/C18H26O5/c1-13(17(20)21)12-16(18(22)23)10-9-15-7-5-14(6-8-15)4-2-3-11-19/h5-8,13,16,19H,2-4,9-12H2,1H3,(H,20,21)(H,22,23)/t13?,16-/m1/s1. The predicted molar refractivity (Wildman–Crippen MR) is 87.3 cm³/mol. The summed E-state index contributed by atoms with van der Waals surface area (Å²) in [6, 6.07) is 8.05. The summed E-state index contributed by atoms with van der Waals surface area (Å²) in [5, 5.41) is 26.9. The average molecular weight is 322 g/mol. The smallest absolute Gasteiger partial charge is 0.306 e. The van der Waals surface area contributed by atoms with Crippen LogP contribution in [0.3, 0.4) is 0 Å². The van der Waals surface area contributed by atoms with Gasteiger partial charge in [-0.2, -0.15) is 0 Å². The number of aliphatic carboxylic acids is 2. The molecule has 2 atom stereocenters. The Bertz CT molecular complexity index is 495. The summed E-state index contributed by atoms with van der Waals surface area (Å²) < 4.78 is 0. The second-order valence-corrected chi connectivity index (χ2v) is 6.05. The van der Waals surface area contributed by atoms with Crippen LogP contribution in [0.4, 0.5) is 0 Å². The van der Waals surface area contributed by atoms with Crippen molar-refractivity contribution < 1.29 is 24.9 Å². The predicted octanol–water partition coefficient (Wildman–Crippen LogP) is 2.75. The molecule has 23 heavy (non-hydrogen) atoms. The zero-order valence-corrected chi connectivity index (χ0v) is 13.6. The number of aryl methyl sites for hydroxylation is 2. The molecule has 0 saturated heterocycles. The van der Waals surface area contributed by atoms with Gasteiger partial charge >= 0.3 is 11.9 Å². The number of unbranched alkanes of at least 4 members (excludes halogenated alkanes) is 1. The molecule has 5 heteroatoms. The highest BCUT2D eigenvalue weighted by Gasteiger charge is 2.23. The first-order chi connectivity index (χ1) is 10.9. The quantitative estimate of drug-likeness (QED) is 0.545. The largest absolute Gasteiger partial charge is 0.481 e. The van der Waals surface area contributed by atoms with E-state index >= 15 is 0 Å². The van der Waals surface area contributed by atoms with Crippen LogP contribution < -0.4 is 0 Å². The summed E-state index contributed by atoms with van der Waals surface area (Å²) in [5.41, 5.74) is 2.27. The van der Waals surface area contributed by atoms with Crippen molar-refractivity contribution in [2.24, 2.45) is 11.8 Å². The van der Waals surface area contributed by atoms with Crippen LogP contribution in [0.2, 0.25) is 0 Å². The fourth-order valence-corrected chi connectivity index (χ4v) is 2.52. The van der Waals surface area contributed by atoms with Gasteiger partial charge in [0, 0.05) is 6.61 Å². The Morgan fingerprint density at radius 3 is 2.00 bits per heavy atom. The molecule has 0 fully saturated rings. The van der Waals surface area contributed by atoms with Crippen LogP contribution in [-0.4, -0.2) is 33.9 Å². The zero-order valence-electron chi connectivity index (χ0n) is 13.6. The lowest BCUT2D eigenvalue weighted by atomic mass is 9.90. The lowest BCUT2D eigenvalue weighted by Gasteiger charge is -2.15. The van der Waals surface area contributed by atoms with E-state index in [-0.39, 0.29) is 13.0 Å². The van der Waals surface area contributed by atoms with Gasteiger partial charge in [0.05, 0.1) is 11.8 Å². The van der Waals surface area contributed by atoms with E-state index < -0.39 is 23.8 Å². The van der Waals surface area contributed by atoms with Crippen molar-refractivity contribution in [2.75, 3.05) is 6.61 Å². The molecule has 0 radical (unpaired) electrons. The van der Waals surface area contributed by atoms with Gasteiger partial charge in [0.1, 0.15) is 0 Å². The Balaban J connectivity index is 2.50. The second kappa shape index (κ2) is 10.0. The van der Waals surface area contributed by atoms with E-state index in [2.05, 4.69) is 0 Å². The molecule has 1 aromatic rings. The highest BCUT2D eigenvalue weighted by Crippen LogP contribution is 2.19. The van der Waals surface area contributed by atoms with Crippen LogP contribution in [0, 0.1) is 11.8 Å². The molecule has 0 bridgehead atoms. The topological polar surface area (TPSA) is 94.8 Å². The maximum Gasteiger partial charge on any atom is 0.306 e. The number of aliphatic hydroxyl groups is 1. The number of rotatable bonds is 11. The van der Waals surface area contributed by atoms with Crippen molar-refractivity contribution in [3.8, 4) is 0 Å². The zero-order chi connectivity index (χ0) is 17.2. The van der Waals surface area contributed by atoms with Gasteiger partial charge in [-0.1, -0.05) is 31.2 Å². The molecular weight excluding hydrogens is 296 g/mol. The summed E-state index contributed by atoms with van der Waals surface area (Å²) in [7, 11) is 0. The first-order valence-electron chi connectivity index (χ1n) is 8.08. The van der Waals surface area contributed by atoms with E-state index in [4.69, 9.17) is 10.2 Å². The van der Waals surface area contributed by atoms with Crippen LogP contribution in [-0.2, 0) is 22.4 Å². The molecular formula is C18H26O5. The minimum Gasteiger partial charge on any atom is -0.481 e.